The highest BCUT2D eigenvalue weighted by atomic mass is 16.5. The summed E-state index contributed by atoms with van der Waals surface area (Å²) in [7, 11) is 4.78. The lowest BCUT2D eigenvalue weighted by Crippen LogP contribution is -2.51. The molecular weight excluding hydrogens is 350 g/mol. The summed E-state index contributed by atoms with van der Waals surface area (Å²) in [6.07, 6.45) is 1.59. The van der Waals surface area contributed by atoms with E-state index in [-0.39, 0.29) is 6.03 Å². The van der Waals surface area contributed by atoms with E-state index >= 15 is 0 Å². The van der Waals surface area contributed by atoms with E-state index in [4.69, 9.17) is 18.6 Å². The Morgan fingerprint density at radius 3 is 2.26 bits per heavy atom. The van der Waals surface area contributed by atoms with Gasteiger partial charge in [0.1, 0.15) is 5.76 Å². The van der Waals surface area contributed by atoms with Gasteiger partial charge in [0.15, 0.2) is 11.5 Å². The Kier molecular flexibility index (Phi) is 5.95. The lowest BCUT2D eigenvalue weighted by atomic mass is 10.2. The number of anilines is 1. The molecule has 0 saturated carbocycles. The van der Waals surface area contributed by atoms with Crippen LogP contribution in [0.15, 0.2) is 34.9 Å². The standard InChI is InChI=1S/C19H25N3O5/c1-24-16-11-14(12-17(25-2)18(16)26-3)21-6-8-22(9-7-21)19(23)20-13-15-5-4-10-27-15/h4-5,10-12H,6-9,13H2,1-3H3,(H,20,23). The molecule has 2 aromatic rings. The number of rotatable bonds is 6. The molecule has 1 fully saturated rings. The van der Waals surface area contributed by atoms with Crippen molar-refractivity contribution < 1.29 is 23.4 Å². The molecule has 1 aliphatic heterocycles. The molecule has 3 rings (SSSR count). The molecule has 0 unspecified atom stereocenters. The number of carbonyl (C=O) groups is 1. The lowest BCUT2D eigenvalue weighted by molar-refractivity contribution is 0.193. The van der Waals surface area contributed by atoms with Crippen molar-refractivity contribution >= 4 is 11.7 Å². The number of methoxy groups -OCH3 is 3. The molecule has 0 bridgehead atoms. The van der Waals surface area contributed by atoms with Gasteiger partial charge < -0.3 is 33.7 Å². The molecule has 146 valence electrons. The number of nitrogens with one attached hydrogen (secondary N) is 1. The second-order valence-corrected chi connectivity index (χ2v) is 6.10. The summed E-state index contributed by atoms with van der Waals surface area (Å²) in [5, 5.41) is 2.88. The van der Waals surface area contributed by atoms with Gasteiger partial charge in [0.25, 0.3) is 0 Å². The Labute approximate surface area is 158 Å². The van der Waals surface area contributed by atoms with Crippen molar-refractivity contribution in [3.8, 4) is 17.2 Å². The first kappa shape index (κ1) is 18.8. The fourth-order valence-corrected chi connectivity index (χ4v) is 3.11. The van der Waals surface area contributed by atoms with E-state index in [9.17, 15) is 4.79 Å². The first-order chi connectivity index (χ1) is 13.2. The van der Waals surface area contributed by atoms with Crippen LogP contribution in [0.3, 0.4) is 0 Å². The number of nitrogens with zero attached hydrogens (tertiary/aromatic N) is 2. The zero-order valence-electron chi connectivity index (χ0n) is 15.9. The SMILES string of the molecule is COc1cc(N2CCN(C(=O)NCc3ccco3)CC2)cc(OC)c1OC. The van der Waals surface area contributed by atoms with Crippen molar-refractivity contribution in [2.24, 2.45) is 0 Å². The van der Waals surface area contributed by atoms with Crippen LogP contribution in [-0.2, 0) is 6.54 Å². The Bertz CT molecular complexity index is 730. The highest BCUT2D eigenvalue weighted by molar-refractivity contribution is 5.74. The topological polar surface area (TPSA) is 76.4 Å². The van der Waals surface area contributed by atoms with Crippen molar-refractivity contribution in [3.05, 3.63) is 36.3 Å². The maximum atomic E-state index is 12.3. The summed E-state index contributed by atoms with van der Waals surface area (Å²) in [6.45, 7) is 3.07. The van der Waals surface area contributed by atoms with Gasteiger partial charge in [0, 0.05) is 44.0 Å². The highest BCUT2D eigenvalue weighted by Crippen LogP contribution is 2.41. The van der Waals surface area contributed by atoms with E-state index < -0.39 is 0 Å². The van der Waals surface area contributed by atoms with Crippen molar-refractivity contribution in [2.45, 2.75) is 6.54 Å². The number of hydrogen-bond acceptors (Lipinski definition) is 6. The number of benzene rings is 1. The molecule has 0 spiro atoms. The van der Waals surface area contributed by atoms with Gasteiger partial charge in [-0.2, -0.15) is 0 Å². The van der Waals surface area contributed by atoms with Gasteiger partial charge in [-0.3, -0.25) is 0 Å². The zero-order chi connectivity index (χ0) is 19.2. The average molecular weight is 375 g/mol. The van der Waals surface area contributed by atoms with E-state index in [1.54, 1.807) is 38.6 Å². The maximum Gasteiger partial charge on any atom is 0.317 e. The minimum atomic E-state index is -0.0871. The minimum Gasteiger partial charge on any atom is -0.493 e. The maximum absolute atomic E-state index is 12.3. The number of piperazine rings is 1. The molecule has 0 aliphatic carbocycles. The summed E-state index contributed by atoms with van der Waals surface area (Å²) in [6, 6.07) is 7.40. The van der Waals surface area contributed by atoms with Crippen LogP contribution in [-0.4, -0.2) is 58.4 Å². The van der Waals surface area contributed by atoms with Gasteiger partial charge in [-0.05, 0) is 12.1 Å². The number of hydrogen-bond donors (Lipinski definition) is 1. The van der Waals surface area contributed by atoms with Gasteiger partial charge in [-0.1, -0.05) is 0 Å². The van der Waals surface area contributed by atoms with Crippen LogP contribution < -0.4 is 24.4 Å². The fraction of sp³-hybridized carbons (Fsp3) is 0.421. The molecule has 0 radical (unpaired) electrons. The molecule has 27 heavy (non-hydrogen) atoms. The number of furan rings is 1. The molecule has 1 N–H and O–H groups in total. The fourth-order valence-electron chi connectivity index (χ4n) is 3.11. The van der Waals surface area contributed by atoms with Crippen LogP contribution in [0, 0.1) is 0 Å². The molecule has 8 heteroatoms. The second kappa shape index (κ2) is 8.57. The summed E-state index contributed by atoms with van der Waals surface area (Å²) < 4.78 is 21.4. The lowest BCUT2D eigenvalue weighted by Gasteiger charge is -2.36. The Balaban J connectivity index is 1.61. The third kappa shape index (κ3) is 4.21. The van der Waals surface area contributed by atoms with Gasteiger partial charge in [-0.15, -0.1) is 0 Å². The average Bonchev–Trinajstić information content (AvgIpc) is 3.24. The largest absolute Gasteiger partial charge is 0.493 e. The molecule has 2 amide bonds. The Hall–Kier alpha value is -3.03. The molecule has 0 atom stereocenters. The summed E-state index contributed by atoms with van der Waals surface area (Å²) in [5.41, 5.74) is 0.972. The Morgan fingerprint density at radius 2 is 1.74 bits per heavy atom. The number of urea groups is 1. The number of ether oxygens (including phenoxy) is 3. The normalized spacial score (nSPS) is 14.0. The summed E-state index contributed by atoms with van der Waals surface area (Å²) in [5.74, 6) is 2.54. The quantitative estimate of drug-likeness (QED) is 0.835. The molecule has 1 saturated heterocycles. The van der Waals surface area contributed by atoms with E-state index in [1.165, 1.54) is 0 Å². The minimum absolute atomic E-state index is 0.0871. The monoisotopic (exact) mass is 375 g/mol. The third-order valence-corrected chi connectivity index (χ3v) is 4.58. The van der Waals surface area contributed by atoms with Crippen LogP contribution in [0.4, 0.5) is 10.5 Å². The molecule has 1 aliphatic rings. The number of carbonyl (C=O) groups excluding carboxylic acids is 1. The summed E-state index contributed by atoms with van der Waals surface area (Å²) in [4.78, 5) is 16.3. The van der Waals surface area contributed by atoms with Crippen molar-refractivity contribution in [3.63, 3.8) is 0 Å². The van der Waals surface area contributed by atoms with E-state index in [1.807, 2.05) is 18.2 Å². The van der Waals surface area contributed by atoms with Crippen molar-refractivity contribution in [1.29, 1.82) is 0 Å². The van der Waals surface area contributed by atoms with Gasteiger partial charge >= 0.3 is 6.03 Å². The first-order valence-electron chi connectivity index (χ1n) is 8.76. The summed E-state index contributed by atoms with van der Waals surface area (Å²) >= 11 is 0. The molecule has 8 nitrogen and oxygen atoms in total. The molecular formula is C19H25N3O5. The predicted octanol–water partition coefficient (Wildman–Crippen LogP) is 2.34. The van der Waals surface area contributed by atoms with E-state index in [0.717, 1.165) is 11.4 Å². The second-order valence-electron chi connectivity index (χ2n) is 6.10. The first-order valence-corrected chi connectivity index (χ1v) is 8.76. The van der Waals surface area contributed by atoms with E-state index in [0.29, 0.717) is 50.0 Å². The van der Waals surface area contributed by atoms with Crippen molar-refractivity contribution in [1.82, 2.24) is 10.2 Å². The zero-order valence-corrected chi connectivity index (χ0v) is 15.9. The van der Waals surface area contributed by atoms with Gasteiger partial charge in [0.05, 0.1) is 34.1 Å². The van der Waals surface area contributed by atoms with Crippen LogP contribution in [0.2, 0.25) is 0 Å². The molecule has 1 aromatic carbocycles. The van der Waals surface area contributed by atoms with Crippen LogP contribution in [0.5, 0.6) is 17.2 Å². The van der Waals surface area contributed by atoms with Gasteiger partial charge in [0.2, 0.25) is 5.75 Å². The molecule has 2 heterocycles. The van der Waals surface area contributed by atoms with Crippen LogP contribution >= 0.6 is 0 Å². The predicted molar refractivity (Wildman–Crippen MR) is 101 cm³/mol. The van der Waals surface area contributed by atoms with Crippen LogP contribution in [0.1, 0.15) is 5.76 Å². The molecule has 1 aromatic heterocycles. The smallest absolute Gasteiger partial charge is 0.317 e. The highest BCUT2D eigenvalue weighted by Gasteiger charge is 2.23. The van der Waals surface area contributed by atoms with Crippen molar-refractivity contribution in [2.75, 3.05) is 52.4 Å². The third-order valence-electron chi connectivity index (χ3n) is 4.58. The van der Waals surface area contributed by atoms with Crippen LogP contribution in [0.25, 0.3) is 0 Å². The van der Waals surface area contributed by atoms with Gasteiger partial charge in [-0.25, -0.2) is 4.79 Å². The number of amides is 2. The Morgan fingerprint density at radius 1 is 1.07 bits per heavy atom. The van der Waals surface area contributed by atoms with E-state index in [2.05, 4.69) is 10.2 Å².